The van der Waals surface area contributed by atoms with Crippen LogP contribution in [0.4, 0.5) is 23.2 Å². The molecule has 0 spiro atoms. The lowest BCUT2D eigenvalue weighted by molar-refractivity contribution is -0.137. The second kappa shape index (κ2) is 5.61. The Kier molecular flexibility index (Phi) is 4.09. The maximum absolute atomic E-state index is 13.5. The van der Waals surface area contributed by atoms with E-state index in [2.05, 4.69) is 5.32 Å². The van der Waals surface area contributed by atoms with E-state index in [9.17, 15) is 17.6 Å². The average molecular weight is 289 g/mol. The molecule has 0 amide bonds. The molecule has 1 heterocycles. The number of alkyl halides is 3. The normalized spacial score (nSPS) is 11.6. The first-order valence-corrected chi connectivity index (χ1v) is 6.53. The molecular weight excluding hydrogens is 278 g/mol. The lowest BCUT2D eigenvalue weighted by Crippen LogP contribution is -2.09. The minimum absolute atomic E-state index is 0.0863. The smallest absolute Gasteiger partial charge is 0.382 e. The fourth-order valence-electron chi connectivity index (χ4n) is 1.61. The Labute approximate surface area is 111 Å². The standard InChI is InChI=1S/C13H11F4NS/c14-11-7-10(13(15,16)17)1-2-12(11)18-5-3-9-4-6-19-8-9/h1-2,4,6-8,18H,3,5H2. The van der Waals surface area contributed by atoms with Gasteiger partial charge >= 0.3 is 6.18 Å². The van der Waals surface area contributed by atoms with Crippen molar-refractivity contribution in [1.82, 2.24) is 0 Å². The van der Waals surface area contributed by atoms with Gasteiger partial charge in [0.25, 0.3) is 0 Å². The summed E-state index contributed by atoms with van der Waals surface area (Å²) in [5.74, 6) is -0.889. The van der Waals surface area contributed by atoms with Crippen LogP contribution in [0.1, 0.15) is 11.1 Å². The van der Waals surface area contributed by atoms with Gasteiger partial charge in [0.15, 0.2) is 0 Å². The molecule has 2 rings (SSSR count). The first kappa shape index (κ1) is 13.9. The summed E-state index contributed by atoms with van der Waals surface area (Å²) in [6, 6.07) is 4.45. The van der Waals surface area contributed by atoms with E-state index >= 15 is 0 Å². The van der Waals surface area contributed by atoms with Gasteiger partial charge in [0.1, 0.15) is 5.82 Å². The number of rotatable bonds is 4. The third kappa shape index (κ3) is 3.70. The van der Waals surface area contributed by atoms with Gasteiger partial charge in [-0.05, 0) is 47.0 Å². The predicted molar refractivity (Wildman–Crippen MR) is 67.9 cm³/mol. The van der Waals surface area contributed by atoms with E-state index in [1.807, 2.05) is 16.8 Å². The molecule has 2 aromatic rings. The van der Waals surface area contributed by atoms with Crippen molar-refractivity contribution in [1.29, 1.82) is 0 Å². The SMILES string of the molecule is Fc1cc(C(F)(F)F)ccc1NCCc1ccsc1. The maximum Gasteiger partial charge on any atom is 0.416 e. The van der Waals surface area contributed by atoms with Crippen molar-refractivity contribution in [2.75, 3.05) is 11.9 Å². The Morgan fingerprint density at radius 2 is 1.95 bits per heavy atom. The van der Waals surface area contributed by atoms with E-state index in [-0.39, 0.29) is 5.69 Å². The van der Waals surface area contributed by atoms with E-state index in [1.54, 1.807) is 11.3 Å². The number of hydrogen-bond acceptors (Lipinski definition) is 2. The van der Waals surface area contributed by atoms with Crippen molar-refractivity contribution in [2.24, 2.45) is 0 Å². The van der Waals surface area contributed by atoms with Crippen molar-refractivity contribution in [3.63, 3.8) is 0 Å². The average Bonchev–Trinajstić information content (AvgIpc) is 2.83. The minimum atomic E-state index is -4.52. The molecule has 19 heavy (non-hydrogen) atoms. The van der Waals surface area contributed by atoms with Gasteiger partial charge in [0, 0.05) is 6.54 Å². The quantitative estimate of drug-likeness (QED) is 0.814. The van der Waals surface area contributed by atoms with Crippen LogP contribution in [-0.4, -0.2) is 6.54 Å². The highest BCUT2D eigenvalue weighted by molar-refractivity contribution is 7.07. The van der Waals surface area contributed by atoms with Crippen LogP contribution < -0.4 is 5.32 Å². The van der Waals surface area contributed by atoms with E-state index in [1.165, 1.54) is 0 Å². The molecule has 0 aliphatic rings. The molecule has 1 nitrogen and oxygen atoms in total. The molecule has 0 aliphatic heterocycles. The lowest BCUT2D eigenvalue weighted by Gasteiger charge is -2.10. The zero-order valence-corrected chi connectivity index (χ0v) is 10.6. The van der Waals surface area contributed by atoms with Gasteiger partial charge < -0.3 is 5.32 Å². The summed E-state index contributed by atoms with van der Waals surface area (Å²) in [6.07, 6.45) is -3.82. The fourth-order valence-corrected chi connectivity index (χ4v) is 2.31. The lowest BCUT2D eigenvalue weighted by atomic mass is 10.2. The number of thiophene rings is 1. The van der Waals surface area contributed by atoms with Crippen molar-refractivity contribution < 1.29 is 17.6 Å². The summed E-state index contributed by atoms with van der Waals surface area (Å²) in [6.45, 7) is 0.471. The van der Waals surface area contributed by atoms with Crippen LogP contribution in [0.3, 0.4) is 0 Å². The third-order valence-electron chi connectivity index (χ3n) is 2.61. The Balaban J connectivity index is 1.97. The second-order valence-electron chi connectivity index (χ2n) is 4.00. The highest BCUT2D eigenvalue weighted by Crippen LogP contribution is 2.31. The highest BCUT2D eigenvalue weighted by Gasteiger charge is 2.31. The van der Waals surface area contributed by atoms with Gasteiger partial charge in [-0.15, -0.1) is 0 Å². The molecule has 0 bridgehead atoms. The van der Waals surface area contributed by atoms with Gasteiger partial charge in [0.2, 0.25) is 0 Å². The second-order valence-corrected chi connectivity index (χ2v) is 4.78. The van der Waals surface area contributed by atoms with Crippen molar-refractivity contribution >= 4 is 17.0 Å². The molecule has 0 radical (unpaired) electrons. The van der Waals surface area contributed by atoms with Gasteiger partial charge in [-0.25, -0.2) is 4.39 Å². The highest BCUT2D eigenvalue weighted by atomic mass is 32.1. The van der Waals surface area contributed by atoms with E-state index in [0.29, 0.717) is 19.0 Å². The first-order valence-electron chi connectivity index (χ1n) is 5.58. The van der Waals surface area contributed by atoms with Crippen LogP contribution in [0.15, 0.2) is 35.0 Å². The van der Waals surface area contributed by atoms with Gasteiger partial charge in [-0.1, -0.05) is 0 Å². The van der Waals surface area contributed by atoms with E-state index < -0.39 is 17.6 Å². The molecule has 0 fully saturated rings. The van der Waals surface area contributed by atoms with Crippen LogP contribution >= 0.6 is 11.3 Å². The Morgan fingerprint density at radius 1 is 1.16 bits per heavy atom. The summed E-state index contributed by atoms with van der Waals surface area (Å²) in [7, 11) is 0. The molecule has 0 atom stereocenters. The van der Waals surface area contributed by atoms with Gasteiger partial charge in [-0.2, -0.15) is 24.5 Å². The molecule has 0 saturated heterocycles. The number of halogens is 4. The largest absolute Gasteiger partial charge is 0.416 e. The molecule has 6 heteroatoms. The zero-order valence-electron chi connectivity index (χ0n) is 9.80. The molecule has 1 aromatic heterocycles. The van der Waals surface area contributed by atoms with Gasteiger partial charge in [0.05, 0.1) is 11.3 Å². The van der Waals surface area contributed by atoms with Crippen LogP contribution in [0.25, 0.3) is 0 Å². The summed E-state index contributed by atoms with van der Waals surface area (Å²) in [5.41, 5.74) is 0.224. The van der Waals surface area contributed by atoms with Crippen molar-refractivity contribution in [2.45, 2.75) is 12.6 Å². The van der Waals surface area contributed by atoms with Crippen molar-refractivity contribution in [3.8, 4) is 0 Å². The summed E-state index contributed by atoms with van der Waals surface area (Å²) >= 11 is 1.57. The Morgan fingerprint density at radius 3 is 2.53 bits per heavy atom. The van der Waals surface area contributed by atoms with Crippen LogP contribution in [0.2, 0.25) is 0 Å². The number of hydrogen-bond donors (Lipinski definition) is 1. The first-order chi connectivity index (χ1) is 8.97. The molecule has 102 valence electrons. The number of benzene rings is 1. The van der Waals surface area contributed by atoms with Crippen molar-refractivity contribution in [3.05, 3.63) is 52.0 Å². The topological polar surface area (TPSA) is 12.0 Å². The molecule has 0 saturated carbocycles. The van der Waals surface area contributed by atoms with E-state index in [0.717, 1.165) is 17.7 Å². The predicted octanol–water partition coefficient (Wildman–Crippen LogP) is 4.56. The van der Waals surface area contributed by atoms with Gasteiger partial charge in [-0.3, -0.25) is 0 Å². The number of nitrogens with one attached hydrogen (secondary N) is 1. The maximum atomic E-state index is 13.5. The number of anilines is 1. The molecule has 1 aromatic carbocycles. The molecular formula is C13H11F4NS. The van der Waals surface area contributed by atoms with Crippen LogP contribution in [0.5, 0.6) is 0 Å². The Hall–Kier alpha value is -1.56. The van der Waals surface area contributed by atoms with E-state index in [4.69, 9.17) is 0 Å². The van der Waals surface area contributed by atoms with Crippen LogP contribution in [0, 0.1) is 5.82 Å². The molecule has 0 unspecified atom stereocenters. The van der Waals surface area contributed by atoms with Crippen LogP contribution in [-0.2, 0) is 12.6 Å². The summed E-state index contributed by atoms with van der Waals surface area (Å²) in [5, 5.41) is 6.71. The Bertz CT molecular complexity index is 534. The monoisotopic (exact) mass is 289 g/mol. The third-order valence-corrected chi connectivity index (χ3v) is 3.34. The summed E-state index contributed by atoms with van der Waals surface area (Å²) in [4.78, 5) is 0. The minimum Gasteiger partial charge on any atom is -0.382 e. The fraction of sp³-hybridized carbons (Fsp3) is 0.231. The zero-order chi connectivity index (χ0) is 13.9. The molecule has 1 N–H and O–H groups in total. The molecule has 0 aliphatic carbocycles. The summed E-state index contributed by atoms with van der Waals surface area (Å²) < 4.78 is 50.5.